The van der Waals surface area contributed by atoms with E-state index in [9.17, 15) is 13.6 Å². The van der Waals surface area contributed by atoms with Crippen molar-refractivity contribution >= 4 is 17.2 Å². The Morgan fingerprint density at radius 1 is 1.10 bits per heavy atom. The molecule has 0 saturated heterocycles. The van der Waals surface area contributed by atoms with Gasteiger partial charge in [0.2, 0.25) is 0 Å². The summed E-state index contributed by atoms with van der Waals surface area (Å²) in [5, 5.41) is 7.12. The third kappa shape index (κ3) is 3.84. The van der Waals surface area contributed by atoms with Gasteiger partial charge in [-0.3, -0.25) is 4.79 Å². The molecule has 0 atom stereocenters. The molecule has 0 aliphatic heterocycles. The van der Waals surface area contributed by atoms with Gasteiger partial charge in [-0.05, 0) is 43.7 Å². The minimum absolute atomic E-state index is 0.0286. The normalized spacial score (nSPS) is 11.1. The van der Waals surface area contributed by atoms with Gasteiger partial charge in [-0.15, -0.1) is 0 Å². The number of aromatic nitrogens is 3. The predicted octanol–water partition coefficient (Wildman–Crippen LogP) is 4.87. The zero-order valence-corrected chi connectivity index (χ0v) is 16.3. The van der Waals surface area contributed by atoms with E-state index in [-0.39, 0.29) is 5.75 Å². The van der Waals surface area contributed by atoms with Crippen LogP contribution in [-0.2, 0) is 0 Å². The van der Waals surface area contributed by atoms with Gasteiger partial charge in [0.1, 0.15) is 11.3 Å². The Labute approximate surface area is 171 Å². The average Bonchev–Trinajstić information content (AvgIpc) is 3.14. The monoisotopic (exact) mass is 408 g/mol. The van der Waals surface area contributed by atoms with E-state index >= 15 is 0 Å². The van der Waals surface area contributed by atoms with Gasteiger partial charge in [-0.25, -0.2) is 9.50 Å². The maximum atomic E-state index is 12.8. The summed E-state index contributed by atoms with van der Waals surface area (Å²) in [6, 6.07) is 14.1. The average molecular weight is 408 g/mol. The molecule has 8 heteroatoms. The number of ether oxygens (including phenoxy) is 1. The highest BCUT2D eigenvalue weighted by atomic mass is 19.3. The molecule has 0 fully saturated rings. The molecule has 2 aromatic heterocycles. The summed E-state index contributed by atoms with van der Waals surface area (Å²) in [5.74, 6) is -0.370. The van der Waals surface area contributed by atoms with Crippen LogP contribution >= 0.6 is 0 Å². The molecule has 0 unspecified atom stereocenters. The number of rotatable bonds is 5. The van der Waals surface area contributed by atoms with Gasteiger partial charge >= 0.3 is 6.61 Å². The van der Waals surface area contributed by atoms with Crippen molar-refractivity contribution in [3.05, 3.63) is 77.6 Å². The predicted molar refractivity (Wildman–Crippen MR) is 109 cm³/mol. The molecule has 4 rings (SSSR count). The molecule has 2 aromatic carbocycles. The van der Waals surface area contributed by atoms with E-state index in [0.29, 0.717) is 22.5 Å². The van der Waals surface area contributed by atoms with E-state index in [1.807, 2.05) is 37.3 Å². The van der Waals surface area contributed by atoms with E-state index < -0.39 is 12.5 Å². The summed E-state index contributed by atoms with van der Waals surface area (Å²) < 4.78 is 30.7. The van der Waals surface area contributed by atoms with Crippen LogP contribution in [0.25, 0.3) is 16.9 Å². The van der Waals surface area contributed by atoms with Crippen molar-refractivity contribution in [3.63, 3.8) is 0 Å². The number of amides is 1. The first-order valence-electron chi connectivity index (χ1n) is 9.19. The minimum atomic E-state index is -2.91. The highest BCUT2D eigenvalue weighted by molar-refractivity contribution is 6.08. The molecular weight excluding hydrogens is 390 g/mol. The van der Waals surface area contributed by atoms with Gasteiger partial charge in [0.05, 0.1) is 11.9 Å². The van der Waals surface area contributed by atoms with E-state index in [2.05, 4.69) is 20.1 Å². The fourth-order valence-corrected chi connectivity index (χ4v) is 3.14. The van der Waals surface area contributed by atoms with Crippen molar-refractivity contribution in [2.75, 3.05) is 5.32 Å². The first-order valence-corrected chi connectivity index (χ1v) is 9.19. The number of fused-ring (bicyclic) bond motifs is 1. The highest BCUT2D eigenvalue weighted by Crippen LogP contribution is 2.25. The fraction of sp³-hybridized carbons (Fsp3) is 0.136. The number of hydrogen-bond donors (Lipinski definition) is 1. The summed E-state index contributed by atoms with van der Waals surface area (Å²) in [5.41, 5.74) is 4.70. The van der Waals surface area contributed by atoms with Gasteiger partial charge in [0.25, 0.3) is 5.91 Å². The number of alkyl halides is 2. The molecule has 4 aromatic rings. The Morgan fingerprint density at radius 2 is 1.87 bits per heavy atom. The number of benzene rings is 2. The fourth-order valence-electron chi connectivity index (χ4n) is 3.14. The Morgan fingerprint density at radius 3 is 2.57 bits per heavy atom. The smallest absolute Gasteiger partial charge is 0.387 e. The second kappa shape index (κ2) is 7.90. The first kappa shape index (κ1) is 19.5. The molecule has 0 aliphatic carbocycles. The van der Waals surface area contributed by atoms with Gasteiger partial charge in [-0.1, -0.05) is 29.8 Å². The van der Waals surface area contributed by atoms with E-state index in [4.69, 9.17) is 0 Å². The number of carbonyl (C=O) groups is 1. The summed E-state index contributed by atoms with van der Waals surface area (Å²) in [7, 11) is 0. The van der Waals surface area contributed by atoms with Crippen molar-refractivity contribution in [1.82, 2.24) is 14.6 Å². The summed E-state index contributed by atoms with van der Waals surface area (Å²) in [4.78, 5) is 17.2. The van der Waals surface area contributed by atoms with Crippen molar-refractivity contribution in [3.8, 4) is 17.0 Å². The lowest BCUT2D eigenvalue weighted by Crippen LogP contribution is -2.13. The minimum Gasteiger partial charge on any atom is -0.435 e. The topological polar surface area (TPSA) is 68.5 Å². The lowest BCUT2D eigenvalue weighted by Gasteiger charge is -2.10. The molecule has 0 spiro atoms. The number of aryl methyl sites for hydroxylation is 2. The van der Waals surface area contributed by atoms with Gasteiger partial charge in [0, 0.05) is 17.4 Å². The Bertz CT molecular complexity index is 1220. The van der Waals surface area contributed by atoms with Crippen LogP contribution in [-0.4, -0.2) is 27.1 Å². The standard InChI is InChI=1S/C22H18F2N4O2/c1-13-3-5-15(6-4-13)19-9-10-25-20-17(12-26-28(19)20)21(29)27-18-8-7-16(11-14(18)2)30-22(23)24/h3-12,22H,1-2H3,(H,27,29). The van der Waals surface area contributed by atoms with E-state index in [0.717, 1.165) is 16.8 Å². The summed E-state index contributed by atoms with van der Waals surface area (Å²) in [6.45, 7) is 0.797. The van der Waals surface area contributed by atoms with Crippen molar-refractivity contribution in [2.24, 2.45) is 0 Å². The van der Waals surface area contributed by atoms with Gasteiger partial charge in [0.15, 0.2) is 5.65 Å². The van der Waals surface area contributed by atoms with Crippen LogP contribution < -0.4 is 10.1 Å². The number of anilines is 1. The molecule has 6 nitrogen and oxygen atoms in total. The van der Waals surface area contributed by atoms with Gasteiger partial charge < -0.3 is 10.1 Å². The molecule has 0 saturated carbocycles. The lowest BCUT2D eigenvalue weighted by atomic mass is 10.1. The third-order valence-electron chi connectivity index (χ3n) is 4.66. The molecule has 2 heterocycles. The Kier molecular flexibility index (Phi) is 5.14. The van der Waals surface area contributed by atoms with Gasteiger partial charge in [-0.2, -0.15) is 13.9 Å². The SMILES string of the molecule is Cc1ccc(-c2ccnc3c(C(=O)Nc4ccc(OC(F)F)cc4C)cnn23)cc1. The Balaban J connectivity index is 1.63. The first-order chi connectivity index (χ1) is 14.4. The van der Waals surface area contributed by atoms with Crippen LogP contribution in [0.2, 0.25) is 0 Å². The third-order valence-corrected chi connectivity index (χ3v) is 4.66. The molecule has 152 valence electrons. The lowest BCUT2D eigenvalue weighted by molar-refractivity contribution is -0.0498. The largest absolute Gasteiger partial charge is 0.435 e. The van der Waals surface area contributed by atoms with Crippen LogP contribution in [0.1, 0.15) is 21.5 Å². The maximum Gasteiger partial charge on any atom is 0.387 e. The maximum absolute atomic E-state index is 12.8. The molecular formula is C22H18F2N4O2. The number of carbonyl (C=O) groups excluding carboxylic acids is 1. The van der Waals surface area contributed by atoms with Crippen LogP contribution in [0.5, 0.6) is 5.75 Å². The van der Waals surface area contributed by atoms with Crippen LogP contribution in [0, 0.1) is 13.8 Å². The van der Waals surface area contributed by atoms with E-state index in [1.165, 1.54) is 24.4 Å². The molecule has 1 amide bonds. The molecule has 0 radical (unpaired) electrons. The number of nitrogens with one attached hydrogen (secondary N) is 1. The van der Waals surface area contributed by atoms with Crippen LogP contribution in [0.15, 0.2) is 60.9 Å². The molecule has 0 bridgehead atoms. The molecule has 0 aliphatic rings. The zero-order chi connectivity index (χ0) is 21.3. The van der Waals surface area contributed by atoms with E-state index in [1.54, 1.807) is 17.6 Å². The zero-order valence-electron chi connectivity index (χ0n) is 16.3. The van der Waals surface area contributed by atoms with Crippen molar-refractivity contribution in [2.45, 2.75) is 20.5 Å². The number of nitrogens with zero attached hydrogens (tertiary/aromatic N) is 3. The Hall–Kier alpha value is -3.81. The van der Waals surface area contributed by atoms with Crippen LogP contribution in [0.4, 0.5) is 14.5 Å². The summed E-state index contributed by atoms with van der Waals surface area (Å²) in [6.07, 6.45) is 3.09. The second-order valence-electron chi connectivity index (χ2n) is 6.80. The van der Waals surface area contributed by atoms with Crippen molar-refractivity contribution < 1.29 is 18.3 Å². The highest BCUT2D eigenvalue weighted by Gasteiger charge is 2.17. The molecule has 30 heavy (non-hydrogen) atoms. The molecule has 1 N–H and O–H groups in total. The quantitative estimate of drug-likeness (QED) is 0.512. The second-order valence-corrected chi connectivity index (χ2v) is 6.80. The van der Waals surface area contributed by atoms with Crippen molar-refractivity contribution in [1.29, 1.82) is 0 Å². The number of hydrogen-bond acceptors (Lipinski definition) is 4. The number of halogens is 2. The summed E-state index contributed by atoms with van der Waals surface area (Å²) >= 11 is 0. The van der Waals surface area contributed by atoms with Crippen LogP contribution in [0.3, 0.4) is 0 Å².